The molecule has 0 fully saturated rings. The van der Waals surface area contributed by atoms with Crippen molar-refractivity contribution >= 4 is 49.8 Å². The van der Waals surface area contributed by atoms with Crippen LogP contribution >= 0.6 is 0 Å². The monoisotopic (exact) mass is 537 g/mol. The number of hydrogen-bond acceptors (Lipinski definition) is 2. The number of benzene rings is 7. The first kappa shape index (κ1) is 24.2. The van der Waals surface area contributed by atoms with Crippen LogP contribution in [0.15, 0.2) is 168 Å². The van der Waals surface area contributed by atoms with E-state index >= 15 is 0 Å². The minimum Gasteiger partial charge on any atom is -0.456 e. The molecule has 2 nitrogen and oxygen atoms in total. The number of anilines is 3. The van der Waals surface area contributed by atoms with Gasteiger partial charge >= 0.3 is 0 Å². The van der Waals surface area contributed by atoms with Gasteiger partial charge in [0.25, 0.3) is 0 Å². The van der Waals surface area contributed by atoms with E-state index < -0.39 is 0 Å². The van der Waals surface area contributed by atoms with Gasteiger partial charge in [-0.05, 0) is 76.0 Å². The summed E-state index contributed by atoms with van der Waals surface area (Å²) in [5.74, 6) is 0. The summed E-state index contributed by atoms with van der Waals surface area (Å²) in [6.07, 6.45) is 0. The molecule has 1 aromatic heterocycles. The summed E-state index contributed by atoms with van der Waals surface area (Å²) < 4.78 is 6.41. The molecular weight excluding hydrogens is 510 g/mol. The van der Waals surface area contributed by atoms with E-state index in [1.54, 1.807) is 0 Å². The van der Waals surface area contributed by atoms with Crippen molar-refractivity contribution in [3.63, 3.8) is 0 Å². The number of rotatable bonds is 5. The maximum atomic E-state index is 6.41. The van der Waals surface area contributed by atoms with E-state index in [9.17, 15) is 0 Å². The van der Waals surface area contributed by atoms with Gasteiger partial charge in [0.15, 0.2) is 0 Å². The zero-order chi connectivity index (χ0) is 27.9. The lowest BCUT2D eigenvalue weighted by atomic mass is 9.94. The number of nitrogens with zero attached hydrogens (tertiary/aromatic N) is 1. The largest absolute Gasteiger partial charge is 0.456 e. The van der Waals surface area contributed by atoms with Gasteiger partial charge in [-0.3, -0.25) is 0 Å². The Kier molecular flexibility index (Phi) is 5.82. The van der Waals surface area contributed by atoms with Crippen molar-refractivity contribution in [2.24, 2.45) is 0 Å². The molecule has 7 aromatic carbocycles. The zero-order valence-corrected chi connectivity index (χ0v) is 22.9. The molecule has 198 valence electrons. The second-order valence-corrected chi connectivity index (χ2v) is 10.6. The molecule has 0 atom stereocenters. The topological polar surface area (TPSA) is 16.4 Å². The van der Waals surface area contributed by atoms with Crippen molar-refractivity contribution in [1.29, 1.82) is 0 Å². The van der Waals surface area contributed by atoms with E-state index in [1.165, 1.54) is 21.9 Å². The van der Waals surface area contributed by atoms with Gasteiger partial charge in [0.05, 0.1) is 5.69 Å². The highest BCUT2D eigenvalue weighted by molar-refractivity contribution is 6.17. The van der Waals surface area contributed by atoms with Crippen LogP contribution < -0.4 is 4.90 Å². The molecule has 0 aliphatic heterocycles. The molecule has 0 saturated carbocycles. The Labute approximate surface area is 244 Å². The molecule has 0 spiro atoms. The van der Waals surface area contributed by atoms with Gasteiger partial charge in [0.1, 0.15) is 11.2 Å². The quantitative estimate of drug-likeness (QED) is 0.217. The Hall–Kier alpha value is -5.60. The van der Waals surface area contributed by atoms with Crippen LogP contribution in [0.2, 0.25) is 0 Å². The lowest BCUT2D eigenvalue weighted by Crippen LogP contribution is -2.11. The Morgan fingerprint density at radius 3 is 1.95 bits per heavy atom. The molecule has 42 heavy (non-hydrogen) atoms. The van der Waals surface area contributed by atoms with Crippen LogP contribution in [-0.4, -0.2) is 0 Å². The molecule has 2 heteroatoms. The van der Waals surface area contributed by atoms with Crippen molar-refractivity contribution < 1.29 is 4.42 Å². The molecule has 0 N–H and O–H groups in total. The molecule has 0 unspecified atom stereocenters. The summed E-state index contributed by atoms with van der Waals surface area (Å²) in [4.78, 5) is 2.37. The highest BCUT2D eigenvalue weighted by Gasteiger charge is 2.23. The summed E-state index contributed by atoms with van der Waals surface area (Å²) in [6.45, 7) is 0. The lowest BCUT2D eigenvalue weighted by Gasteiger charge is -2.28. The lowest BCUT2D eigenvalue weighted by molar-refractivity contribution is 0.669. The van der Waals surface area contributed by atoms with E-state index in [4.69, 9.17) is 4.42 Å². The average Bonchev–Trinajstić information content (AvgIpc) is 3.44. The zero-order valence-electron chi connectivity index (χ0n) is 22.9. The van der Waals surface area contributed by atoms with E-state index in [0.29, 0.717) is 0 Å². The predicted molar refractivity (Wildman–Crippen MR) is 177 cm³/mol. The van der Waals surface area contributed by atoms with Crippen molar-refractivity contribution in [3.05, 3.63) is 164 Å². The second-order valence-electron chi connectivity index (χ2n) is 10.6. The molecule has 1 heterocycles. The third kappa shape index (κ3) is 4.13. The number of fused-ring (bicyclic) bond motifs is 4. The molecular formula is C40H27NO. The SMILES string of the molecule is c1ccc(-c2cccc(N(c3ccccc3)c3ccc4oc5ccccc5c4c3-c3ccc4ccccc4c3)c2)cc1. The fourth-order valence-corrected chi connectivity index (χ4v) is 6.09. The molecule has 0 amide bonds. The van der Waals surface area contributed by atoms with Crippen LogP contribution in [0, 0.1) is 0 Å². The van der Waals surface area contributed by atoms with Crippen molar-refractivity contribution in [2.45, 2.75) is 0 Å². The summed E-state index contributed by atoms with van der Waals surface area (Å²) in [7, 11) is 0. The number of furan rings is 1. The van der Waals surface area contributed by atoms with Crippen LogP contribution in [0.4, 0.5) is 17.1 Å². The van der Waals surface area contributed by atoms with Gasteiger partial charge in [-0.25, -0.2) is 0 Å². The Morgan fingerprint density at radius 2 is 1.10 bits per heavy atom. The van der Waals surface area contributed by atoms with Gasteiger partial charge in [-0.2, -0.15) is 0 Å². The summed E-state index contributed by atoms with van der Waals surface area (Å²) >= 11 is 0. The van der Waals surface area contributed by atoms with Crippen molar-refractivity contribution in [1.82, 2.24) is 0 Å². The van der Waals surface area contributed by atoms with Crippen molar-refractivity contribution in [3.8, 4) is 22.3 Å². The van der Waals surface area contributed by atoms with Crippen molar-refractivity contribution in [2.75, 3.05) is 4.90 Å². The molecule has 0 aliphatic carbocycles. The standard InChI is InChI=1S/C40H27NO/c1-3-12-28(13-4-1)31-16-11-19-34(27-31)41(33-17-5-2-6-18-33)36-24-25-38-40(35-20-9-10-21-37(35)42-38)39(36)32-23-22-29-14-7-8-15-30(29)26-32/h1-27H. The summed E-state index contributed by atoms with van der Waals surface area (Å²) in [5, 5.41) is 4.67. The van der Waals surface area contributed by atoms with E-state index in [2.05, 4.69) is 163 Å². The Morgan fingerprint density at radius 1 is 0.405 bits per heavy atom. The van der Waals surface area contributed by atoms with E-state index in [0.717, 1.165) is 50.1 Å². The normalized spacial score (nSPS) is 11.3. The highest BCUT2D eigenvalue weighted by atomic mass is 16.3. The van der Waals surface area contributed by atoms with Gasteiger partial charge in [0.2, 0.25) is 0 Å². The van der Waals surface area contributed by atoms with Gasteiger partial charge in [-0.1, -0.05) is 115 Å². The molecule has 0 saturated heterocycles. The predicted octanol–water partition coefficient (Wildman–Crippen LogP) is 11.5. The van der Waals surface area contributed by atoms with E-state index in [1.807, 2.05) is 6.07 Å². The van der Waals surface area contributed by atoms with Gasteiger partial charge in [0, 0.05) is 27.7 Å². The molecule has 8 aromatic rings. The minimum absolute atomic E-state index is 0.883. The minimum atomic E-state index is 0.883. The molecule has 0 radical (unpaired) electrons. The first-order chi connectivity index (χ1) is 20.8. The molecule has 0 aliphatic rings. The number of hydrogen-bond donors (Lipinski definition) is 0. The first-order valence-corrected chi connectivity index (χ1v) is 14.3. The molecule has 0 bridgehead atoms. The fraction of sp³-hybridized carbons (Fsp3) is 0. The van der Waals surface area contributed by atoms with Crippen LogP contribution in [0.5, 0.6) is 0 Å². The van der Waals surface area contributed by atoms with Gasteiger partial charge < -0.3 is 9.32 Å². The van der Waals surface area contributed by atoms with Gasteiger partial charge in [-0.15, -0.1) is 0 Å². The maximum Gasteiger partial charge on any atom is 0.136 e. The van der Waals surface area contributed by atoms with E-state index in [-0.39, 0.29) is 0 Å². The van der Waals surface area contributed by atoms with Crippen LogP contribution in [0.25, 0.3) is 55.0 Å². The Bertz CT molecular complexity index is 2200. The summed E-state index contributed by atoms with van der Waals surface area (Å²) in [6, 6.07) is 58.0. The third-order valence-corrected chi connectivity index (χ3v) is 8.03. The third-order valence-electron chi connectivity index (χ3n) is 8.03. The summed E-state index contributed by atoms with van der Waals surface area (Å²) in [5.41, 5.74) is 9.74. The average molecular weight is 538 g/mol. The second kappa shape index (κ2) is 10.1. The molecule has 8 rings (SSSR count). The Balaban J connectivity index is 1.45. The highest BCUT2D eigenvalue weighted by Crippen LogP contribution is 2.47. The fourth-order valence-electron chi connectivity index (χ4n) is 6.09. The van der Waals surface area contributed by atoms with Crippen LogP contribution in [0.1, 0.15) is 0 Å². The maximum absolute atomic E-state index is 6.41. The number of para-hydroxylation sites is 2. The van der Waals surface area contributed by atoms with Crippen LogP contribution in [-0.2, 0) is 0 Å². The smallest absolute Gasteiger partial charge is 0.136 e. The first-order valence-electron chi connectivity index (χ1n) is 14.3. The van der Waals surface area contributed by atoms with Crippen LogP contribution in [0.3, 0.4) is 0 Å².